The summed E-state index contributed by atoms with van der Waals surface area (Å²) in [4.78, 5) is 8.55. The molecule has 3 aromatic carbocycles. The zero-order valence-electron chi connectivity index (χ0n) is 22.2. The van der Waals surface area contributed by atoms with Crippen LogP contribution in [0.4, 0.5) is 0 Å². The number of benzene rings is 3. The highest BCUT2D eigenvalue weighted by Gasteiger charge is 2.08. The molecular formula is C29H38Cl2N4O2. The Hall–Kier alpha value is -3.22. The zero-order valence-corrected chi connectivity index (χ0v) is 23.8. The summed E-state index contributed by atoms with van der Waals surface area (Å²) in [6.45, 7) is 12.3. The molecule has 37 heavy (non-hydrogen) atoms. The molecule has 0 bridgehead atoms. The maximum absolute atomic E-state index is 6.12. The van der Waals surface area contributed by atoms with E-state index in [-0.39, 0.29) is 24.8 Å². The molecule has 0 saturated heterocycles. The van der Waals surface area contributed by atoms with E-state index in [2.05, 4.69) is 35.1 Å². The Labute approximate surface area is 233 Å². The molecule has 4 N–H and O–H groups in total. The maximum Gasteiger partial charge on any atom is 0.125 e. The molecule has 8 heteroatoms. The molecule has 0 atom stereocenters. The first-order valence-electron chi connectivity index (χ1n) is 12.0. The maximum atomic E-state index is 6.12. The molecule has 0 heterocycles. The quantitative estimate of drug-likeness (QED) is 0.239. The van der Waals surface area contributed by atoms with Crippen molar-refractivity contribution in [1.82, 2.24) is 0 Å². The minimum Gasteiger partial charge on any atom is -0.489 e. The number of aliphatic imine (C=N–C) groups is 2. The van der Waals surface area contributed by atoms with Crippen LogP contribution in [0.25, 0.3) is 0 Å². The lowest BCUT2D eigenvalue weighted by Crippen LogP contribution is -2.14. The van der Waals surface area contributed by atoms with Gasteiger partial charge in [-0.1, -0.05) is 17.7 Å². The zero-order chi connectivity index (χ0) is 25.4. The summed E-state index contributed by atoms with van der Waals surface area (Å²) in [5, 5.41) is 0. The predicted octanol–water partition coefficient (Wildman–Crippen LogP) is 6.06. The van der Waals surface area contributed by atoms with Gasteiger partial charge in [-0.05, 0) is 99.3 Å². The van der Waals surface area contributed by atoms with E-state index in [1.165, 1.54) is 0 Å². The van der Waals surface area contributed by atoms with E-state index in [1.54, 1.807) is 0 Å². The van der Waals surface area contributed by atoms with Gasteiger partial charge >= 0.3 is 0 Å². The number of hydrogen-bond acceptors (Lipinski definition) is 4. The molecule has 200 valence electrons. The molecule has 0 fully saturated rings. The monoisotopic (exact) mass is 544 g/mol. The van der Waals surface area contributed by atoms with Gasteiger partial charge in [0.25, 0.3) is 0 Å². The lowest BCUT2D eigenvalue weighted by Gasteiger charge is -2.14. The van der Waals surface area contributed by atoms with Crippen LogP contribution in [0.2, 0.25) is 0 Å². The molecule has 0 radical (unpaired) electrons. The lowest BCUT2D eigenvalue weighted by molar-refractivity contribution is 0.297. The van der Waals surface area contributed by atoms with Crippen molar-refractivity contribution in [3.63, 3.8) is 0 Å². The van der Waals surface area contributed by atoms with Gasteiger partial charge in [-0.25, -0.2) is 0 Å². The summed E-state index contributed by atoms with van der Waals surface area (Å²) in [6, 6.07) is 18.2. The minimum absolute atomic E-state index is 0. The smallest absolute Gasteiger partial charge is 0.125 e. The highest BCUT2D eigenvalue weighted by atomic mass is 35.5. The summed E-state index contributed by atoms with van der Waals surface area (Å²) in [5.41, 5.74) is 19.3. The third-order valence-corrected chi connectivity index (χ3v) is 5.58. The number of nitrogens with zero attached hydrogens (tertiary/aromatic N) is 2. The van der Waals surface area contributed by atoms with Crippen molar-refractivity contribution in [2.24, 2.45) is 21.5 Å². The first-order valence-corrected chi connectivity index (χ1v) is 12.0. The highest BCUT2D eigenvalue weighted by Crippen LogP contribution is 2.23. The molecule has 0 spiro atoms. The largest absolute Gasteiger partial charge is 0.489 e. The van der Waals surface area contributed by atoms with Crippen molar-refractivity contribution in [2.45, 2.75) is 47.8 Å². The van der Waals surface area contributed by atoms with E-state index in [9.17, 15) is 0 Å². The fourth-order valence-corrected chi connectivity index (χ4v) is 3.90. The second-order valence-electron chi connectivity index (χ2n) is 8.58. The summed E-state index contributed by atoms with van der Waals surface area (Å²) >= 11 is 0. The van der Waals surface area contributed by atoms with Crippen LogP contribution in [0, 0.1) is 20.8 Å². The van der Waals surface area contributed by atoms with E-state index >= 15 is 0 Å². The number of aryl methyl sites for hydroxylation is 3. The molecule has 0 amide bonds. The Balaban J connectivity index is 0.00000342. The molecule has 0 saturated carbocycles. The average Bonchev–Trinajstić information content (AvgIpc) is 2.82. The van der Waals surface area contributed by atoms with Gasteiger partial charge in [-0.3, -0.25) is 9.98 Å². The first-order chi connectivity index (χ1) is 16.8. The normalized spacial score (nSPS) is 11.4. The second kappa shape index (κ2) is 15.1. The standard InChI is InChI=1S/C29H36N4O2.2ClH/c1-6-32-28(30)24-8-10-26(20(4)14-24)34-17-22-12-19(3)13-23(16-22)18-35-27-11-9-25(15-21(27)5)29(31)33-7-2;;/h8-16H,6-7,17-18H2,1-5H3,(H2,30,32)(H2,31,33);2*1H. The minimum atomic E-state index is 0. The predicted molar refractivity (Wildman–Crippen MR) is 159 cm³/mol. The van der Waals surface area contributed by atoms with Crippen molar-refractivity contribution in [3.05, 3.63) is 93.5 Å². The number of nitrogens with two attached hydrogens (primary N) is 2. The van der Waals surface area contributed by atoms with Crippen LogP contribution in [-0.2, 0) is 13.2 Å². The van der Waals surface area contributed by atoms with Gasteiger partial charge in [0.2, 0.25) is 0 Å². The third kappa shape index (κ3) is 8.99. The molecule has 0 aliphatic heterocycles. The van der Waals surface area contributed by atoms with Gasteiger partial charge < -0.3 is 20.9 Å². The van der Waals surface area contributed by atoms with Crippen LogP contribution in [0.3, 0.4) is 0 Å². The summed E-state index contributed by atoms with van der Waals surface area (Å²) in [7, 11) is 0. The van der Waals surface area contributed by atoms with Crippen LogP contribution < -0.4 is 20.9 Å². The Kier molecular flexibility index (Phi) is 13.0. The van der Waals surface area contributed by atoms with Crippen LogP contribution in [0.1, 0.15) is 52.8 Å². The van der Waals surface area contributed by atoms with Crippen molar-refractivity contribution in [1.29, 1.82) is 0 Å². The van der Waals surface area contributed by atoms with E-state index in [0.717, 1.165) is 50.4 Å². The summed E-state index contributed by atoms with van der Waals surface area (Å²) in [6.07, 6.45) is 0. The molecule has 0 unspecified atom stereocenters. The van der Waals surface area contributed by atoms with Gasteiger partial charge in [-0.15, -0.1) is 24.8 Å². The highest BCUT2D eigenvalue weighted by molar-refractivity contribution is 5.98. The Morgan fingerprint density at radius 1 is 0.649 bits per heavy atom. The van der Waals surface area contributed by atoms with Crippen molar-refractivity contribution in [3.8, 4) is 11.5 Å². The molecular weight excluding hydrogens is 507 g/mol. The fourth-order valence-electron chi connectivity index (χ4n) is 3.90. The molecule has 0 aliphatic carbocycles. The van der Waals surface area contributed by atoms with E-state index in [1.807, 2.05) is 64.1 Å². The first kappa shape index (κ1) is 31.8. The van der Waals surface area contributed by atoms with Gasteiger partial charge in [0.1, 0.15) is 36.4 Å². The molecule has 3 aromatic rings. The lowest BCUT2D eigenvalue weighted by atomic mass is 10.1. The SMILES string of the molecule is CCN=C(N)c1ccc(OCc2cc(C)cc(COc3ccc(C(N)=NCC)cc3C)c2)c(C)c1.Cl.Cl. The van der Waals surface area contributed by atoms with Crippen LogP contribution in [0.5, 0.6) is 11.5 Å². The Bertz CT molecular complexity index is 1150. The van der Waals surface area contributed by atoms with Crippen LogP contribution in [0.15, 0.2) is 64.6 Å². The summed E-state index contributed by atoms with van der Waals surface area (Å²) < 4.78 is 12.2. The van der Waals surface area contributed by atoms with Gasteiger partial charge in [0.15, 0.2) is 0 Å². The number of amidine groups is 2. The number of rotatable bonds is 10. The fraction of sp³-hybridized carbons (Fsp3) is 0.310. The van der Waals surface area contributed by atoms with E-state index in [0.29, 0.717) is 38.0 Å². The van der Waals surface area contributed by atoms with Crippen LogP contribution in [-0.4, -0.2) is 24.8 Å². The van der Waals surface area contributed by atoms with Gasteiger partial charge in [-0.2, -0.15) is 0 Å². The van der Waals surface area contributed by atoms with Gasteiger partial charge in [0.05, 0.1) is 0 Å². The number of hydrogen-bond donors (Lipinski definition) is 2. The Morgan fingerprint density at radius 3 is 1.41 bits per heavy atom. The van der Waals surface area contributed by atoms with Crippen LogP contribution >= 0.6 is 24.8 Å². The van der Waals surface area contributed by atoms with Gasteiger partial charge in [0, 0.05) is 24.2 Å². The number of ether oxygens (including phenoxy) is 2. The second-order valence-corrected chi connectivity index (χ2v) is 8.58. The Morgan fingerprint density at radius 2 is 1.05 bits per heavy atom. The topological polar surface area (TPSA) is 95.2 Å². The van der Waals surface area contributed by atoms with Crippen molar-refractivity contribution >= 4 is 36.5 Å². The van der Waals surface area contributed by atoms with Crippen molar-refractivity contribution in [2.75, 3.05) is 13.1 Å². The van der Waals surface area contributed by atoms with E-state index < -0.39 is 0 Å². The van der Waals surface area contributed by atoms with E-state index in [4.69, 9.17) is 20.9 Å². The molecule has 6 nitrogen and oxygen atoms in total. The van der Waals surface area contributed by atoms with Crippen molar-refractivity contribution < 1.29 is 9.47 Å². The third-order valence-electron chi connectivity index (χ3n) is 5.58. The average molecular weight is 546 g/mol. The molecule has 3 rings (SSSR count). The molecule has 0 aromatic heterocycles. The molecule has 0 aliphatic rings. The summed E-state index contributed by atoms with van der Waals surface area (Å²) in [5.74, 6) is 2.76. The number of halogens is 2.